The number of carbonyl (C=O) groups excluding carboxylic acids is 5. The molecule has 29 heavy (non-hydrogen) atoms. The molecule has 10 nitrogen and oxygen atoms in total. The highest BCUT2D eigenvalue weighted by Crippen LogP contribution is 2.30. The van der Waals surface area contributed by atoms with E-state index in [1.54, 1.807) is 24.3 Å². The zero-order valence-corrected chi connectivity index (χ0v) is 15.8. The summed E-state index contributed by atoms with van der Waals surface area (Å²) < 4.78 is 0. The van der Waals surface area contributed by atoms with E-state index in [4.69, 9.17) is 0 Å². The molecule has 1 saturated carbocycles. The Balaban J connectivity index is 1.41. The third kappa shape index (κ3) is 5.03. The van der Waals surface area contributed by atoms with Gasteiger partial charge in [-0.05, 0) is 37.1 Å². The van der Waals surface area contributed by atoms with E-state index in [1.807, 2.05) is 0 Å². The van der Waals surface area contributed by atoms with E-state index in [9.17, 15) is 24.0 Å². The number of hydrogen-bond donors (Lipinski definition) is 3. The van der Waals surface area contributed by atoms with Gasteiger partial charge in [0.2, 0.25) is 17.7 Å². The molecule has 0 bridgehead atoms. The van der Waals surface area contributed by atoms with Crippen LogP contribution in [0.25, 0.3) is 0 Å². The van der Waals surface area contributed by atoms with Gasteiger partial charge in [0.05, 0.1) is 0 Å². The number of anilines is 1. The first-order valence-corrected chi connectivity index (χ1v) is 9.19. The van der Waals surface area contributed by atoms with Crippen molar-refractivity contribution in [3.63, 3.8) is 0 Å². The summed E-state index contributed by atoms with van der Waals surface area (Å²) in [6, 6.07) is 5.79. The van der Waals surface area contributed by atoms with Crippen molar-refractivity contribution in [2.75, 3.05) is 25.5 Å². The fraction of sp³-hybridized carbons (Fsp3) is 0.368. The quantitative estimate of drug-likeness (QED) is 0.443. The number of carbonyl (C=O) groups is 5. The van der Waals surface area contributed by atoms with Crippen LogP contribution in [-0.4, -0.2) is 60.9 Å². The summed E-state index contributed by atoms with van der Waals surface area (Å²) in [6.07, 6.45) is 2.85. The van der Waals surface area contributed by atoms with Gasteiger partial charge in [-0.1, -0.05) is 0 Å². The molecule has 3 rings (SSSR count). The number of nitrogens with zero attached hydrogens (tertiary/aromatic N) is 2. The number of rotatable bonds is 7. The minimum Gasteiger partial charge on any atom is -0.353 e. The average Bonchev–Trinajstić information content (AvgIpc) is 3.55. The van der Waals surface area contributed by atoms with Crippen molar-refractivity contribution in [1.29, 1.82) is 0 Å². The van der Waals surface area contributed by atoms with Crippen molar-refractivity contribution in [2.45, 2.75) is 12.8 Å². The molecule has 1 aromatic carbocycles. The maximum Gasteiger partial charge on any atom is 0.349 e. The Morgan fingerprint density at radius 2 is 1.69 bits per heavy atom. The van der Waals surface area contributed by atoms with Gasteiger partial charge >= 0.3 is 6.03 Å². The van der Waals surface area contributed by atoms with Gasteiger partial charge in [0, 0.05) is 43.5 Å². The summed E-state index contributed by atoms with van der Waals surface area (Å²) in [5, 5.41) is 7.96. The Kier molecular flexibility index (Phi) is 6.01. The van der Waals surface area contributed by atoms with Crippen LogP contribution in [-0.2, 0) is 14.4 Å². The molecular weight excluding hydrogens is 378 g/mol. The number of benzene rings is 1. The maximum atomic E-state index is 12.1. The lowest BCUT2D eigenvalue weighted by Crippen LogP contribution is -2.48. The number of aliphatic imine (C=N–C) groups is 1. The highest BCUT2D eigenvalue weighted by molar-refractivity contribution is 6.20. The topological polar surface area (TPSA) is 137 Å². The molecule has 0 radical (unpaired) electrons. The highest BCUT2D eigenvalue weighted by Gasteiger charge is 2.34. The van der Waals surface area contributed by atoms with Crippen molar-refractivity contribution < 1.29 is 24.0 Å². The fourth-order valence-electron chi connectivity index (χ4n) is 2.64. The van der Waals surface area contributed by atoms with E-state index in [-0.39, 0.29) is 30.8 Å². The molecule has 1 aromatic rings. The minimum atomic E-state index is -1.16. The predicted octanol–water partition coefficient (Wildman–Crippen LogP) is 0.160. The normalized spacial score (nSPS) is 18.4. The van der Waals surface area contributed by atoms with Crippen molar-refractivity contribution in [3.8, 4) is 0 Å². The van der Waals surface area contributed by atoms with Crippen molar-refractivity contribution in [2.24, 2.45) is 16.8 Å². The van der Waals surface area contributed by atoms with Crippen LogP contribution in [0.5, 0.6) is 0 Å². The Labute approximate surface area is 166 Å². The Morgan fingerprint density at radius 1 is 1.03 bits per heavy atom. The second-order valence-corrected chi connectivity index (χ2v) is 6.82. The second-order valence-electron chi connectivity index (χ2n) is 6.82. The van der Waals surface area contributed by atoms with Crippen LogP contribution >= 0.6 is 0 Å². The van der Waals surface area contributed by atoms with Gasteiger partial charge in [0.25, 0.3) is 5.91 Å². The molecule has 1 unspecified atom stereocenters. The van der Waals surface area contributed by atoms with Crippen LogP contribution in [0.3, 0.4) is 0 Å². The van der Waals surface area contributed by atoms with Crippen LogP contribution in [0.2, 0.25) is 0 Å². The van der Waals surface area contributed by atoms with E-state index in [2.05, 4.69) is 20.9 Å². The molecule has 0 aromatic heterocycles. The number of urea groups is 1. The Hall–Kier alpha value is -3.56. The van der Waals surface area contributed by atoms with Gasteiger partial charge in [-0.3, -0.25) is 24.1 Å². The lowest BCUT2D eigenvalue weighted by atomic mass is 10.1. The minimum absolute atomic E-state index is 0.00463. The summed E-state index contributed by atoms with van der Waals surface area (Å²) in [5.41, 5.74) is 1.04. The lowest BCUT2D eigenvalue weighted by Gasteiger charge is -2.21. The van der Waals surface area contributed by atoms with Gasteiger partial charge in [-0.25, -0.2) is 9.79 Å². The van der Waals surface area contributed by atoms with Gasteiger partial charge in [-0.2, -0.15) is 0 Å². The lowest BCUT2D eigenvalue weighted by molar-refractivity contribution is -0.136. The highest BCUT2D eigenvalue weighted by atomic mass is 16.2. The van der Waals surface area contributed by atoms with Crippen molar-refractivity contribution >= 4 is 41.6 Å². The summed E-state index contributed by atoms with van der Waals surface area (Å²) >= 11 is 0. The van der Waals surface area contributed by atoms with Crippen molar-refractivity contribution in [3.05, 3.63) is 29.8 Å². The zero-order chi connectivity index (χ0) is 21.0. The molecule has 1 fully saturated rings. The van der Waals surface area contributed by atoms with Crippen LogP contribution in [0, 0.1) is 11.8 Å². The molecular formula is C19H21N5O5. The largest absolute Gasteiger partial charge is 0.353 e. The first-order chi connectivity index (χ1) is 13.9. The van der Waals surface area contributed by atoms with E-state index < -0.39 is 23.8 Å². The van der Waals surface area contributed by atoms with Crippen LogP contribution < -0.4 is 16.0 Å². The molecule has 1 aliphatic heterocycles. The molecule has 10 heteroatoms. The standard InChI is InChI=1S/C19H21N5O5/c1-24-18(28)14(10-22-19(24)29)17(27)21-9-8-20-15(25)11-4-6-13(7-5-11)23-16(26)12-2-3-12/h4-7,10,12,14H,2-3,8-9H2,1H3,(H,20,25)(H,21,27)(H,23,26). The van der Waals surface area contributed by atoms with Gasteiger partial charge < -0.3 is 16.0 Å². The third-order valence-corrected chi connectivity index (χ3v) is 4.57. The van der Waals surface area contributed by atoms with E-state index in [0.717, 1.165) is 24.0 Å². The summed E-state index contributed by atoms with van der Waals surface area (Å²) in [5.74, 6) is -2.64. The summed E-state index contributed by atoms with van der Waals surface area (Å²) in [4.78, 5) is 63.3. The van der Waals surface area contributed by atoms with Gasteiger partial charge in [0.1, 0.15) is 0 Å². The number of imide groups is 1. The molecule has 3 N–H and O–H groups in total. The van der Waals surface area contributed by atoms with Crippen LogP contribution in [0.1, 0.15) is 23.2 Å². The SMILES string of the molecule is CN1C(=O)N=CC(C(=O)NCCNC(=O)c2ccc(NC(=O)C3CC3)cc2)C1=O. The average molecular weight is 399 g/mol. The molecule has 1 heterocycles. The van der Waals surface area contributed by atoms with Gasteiger partial charge in [-0.15, -0.1) is 0 Å². The predicted molar refractivity (Wildman–Crippen MR) is 103 cm³/mol. The molecule has 152 valence electrons. The smallest absolute Gasteiger partial charge is 0.349 e. The van der Waals surface area contributed by atoms with E-state index in [1.165, 1.54) is 7.05 Å². The maximum absolute atomic E-state index is 12.1. The summed E-state index contributed by atoms with van der Waals surface area (Å²) in [7, 11) is 1.25. The molecule has 0 saturated heterocycles. The first kappa shape index (κ1) is 20.2. The Morgan fingerprint density at radius 3 is 2.34 bits per heavy atom. The number of nitrogens with one attached hydrogen (secondary N) is 3. The Bertz CT molecular complexity index is 875. The molecule has 0 spiro atoms. The summed E-state index contributed by atoms with van der Waals surface area (Å²) in [6.45, 7) is 0.257. The van der Waals surface area contributed by atoms with E-state index in [0.29, 0.717) is 11.3 Å². The van der Waals surface area contributed by atoms with Crippen LogP contribution in [0.4, 0.5) is 10.5 Å². The molecule has 6 amide bonds. The van der Waals surface area contributed by atoms with Gasteiger partial charge in [0.15, 0.2) is 5.92 Å². The number of amides is 6. The number of hydrogen-bond acceptors (Lipinski definition) is 5. The fourth-order valence-corrected chi connectivity index (χ4v) is 2.64. The van der Waals surface area contributed by atoms with Crippen LogP contribution in [0.15, 0.2) is 29.3 Å². The van der Waals surface area contributed by atoms with Crippen molar-refractivity contribution in [1.82, 2.24) is 15.5 Å². The molecule has 1 aliphatic carbocycles. The monoisotopic (exact) mass is 399 g/mol. The third-order valence-electron chi connectivity index (χ3n) is 4.57. The first-order valence-electron chi connectivity index (χ1n) is 9.19. The molecule has 1 atom stereocenters. The molecule has 2 aliphatic rings. The zero-order valence-electron chi connectivity index (χ0n) is 15.8. The van der Waals surface area contributed by atoms with E-state index >= 15 is 0 Å². The second kappa shape index (κ2) is 8.63.